The van der Waals surface area contributed by atoms with Crippen molar-refractivity contribution in [2.24, 2.45) is 5.16 Å². The van der Waals surface area contributed by atoms with Crippen molar-refractivity contribution in [3.63, 3.8) is 0 Å². The van der Waals surface area contributed by atoms with Crippen LogP contribution in [0.2, 0.25) is 0 Å². The summed E-state index contributed by atoms with van der Waals surface area (Å²) in [6, 6.07) is 1.47. The number of hydrogen-bond acceptors (Lipinski definition) is 5. The lowest BCUT2D eigenvalue weighted by Crippen LogP contribution is -2.33. The normalized spacial score (nSPS) is 9.92. The number of rotatable bonds is 2. The van der Waals surface area contributed by atoms with Crippen LogP contribution in [0.15, 0.2) is 5.16 Å². The minimum atomic E-state index is -0.869. The Morgan fingerprint density at radius 1 is 1.58 bits per heavy atom. The third-order valence-electron chi connectivity index (χ3n) is 0.793. The standard InChI is InChI=1S/C6H7N3O3/c1-4(10)8-6(11)5(3-7)9-12-2/h1-2H3,(H,8,10,11)/b9-5+. The lowest BCUT2D eigenvalue weighted by molar-refractivity contribution is -0.125. The lowest BCUT2D eigenvalue weighted by atomic mass is 10.4. The fourth-order valence-corrected chi connectivity index (χ4v) is 0.423. The summed E-state index contributed by atoms with van der Waals surface area (Å²) in [4.78, 5) is 25.3. The molecule has 0 spiro atoms. The molecule has 0 rings (SSSR count). The molecular formula is C6H7N3O3. The molecule has 0 aromatic heterocycles. The molecule has 0 aliphatic carbocycles. The molecule has 0 saturated carbocycles. The minimum Gasteiger partial charge on any atom is -0.398 e. The zero-order chi connectivity index (χ0) is 9.56. The Bertz CT molecular complexity index is 264. The van der Waals surface area contributed by atoms with Gasteiger partial charge < -0.3 is 4.84 Å². The Kier molecular flexibility index (Phi) is 4.08. The van der Waals surface area contributed by atoms with Crippen molar-refractivity contribution in [1.82, 2.24) is 5.32 Å². The number of carbonyl (C=O) groups is 2. The molecule has 0 saturated heterocycles. The molecule has 0 aliphatic heterocycles. The maximum absolute atomic E-state index is 10.8. The average Bonchev–Trinajstić information content (AvgIpc) is 1.98. The van der Waals surface area contributed by atoms with Crippen LogP contribution in [0.1, 0.15) is 6.92 Å². The Morgan fingerprint density at radius 2 is 2.17 bits per heavy atom. The second kappa shape index (κ2) is 4.85. The van der Waals surface area contributed by atoms with Gasteiger partial charge in [0.1, 0.15) is 13.2 Å². The highest BCUT2D eigenvalue weighted by Crippen LogP contribution is 1.79. The van der Waals surface area contributed by atoms with Crippen LogP contribution >= 0.6 is 0 Å². The van der Waals surface area contributed by atoms with Gasteiger partial charge in [-0.15, -0.1) is 0 Å². The van der Waals surface area contributed by atoms with E-state index in [2.05, 4.69) is 9.99 Å². The first kappa shape index (κ1) is 10.1. The lowest BCUT2D eigenvalue weighted by Gasteiger charge is -1.95. The van der Waals surface area contributed by atoms with Gasteiger partial charge in [-0.25, -0.2) is 0 Å². The van der Waals surface area contributed by atoms with Crippen molar-refractivity contribution in [1.29, 1.82) is 5.26 Å². The predicted octanol–water partition coefficient (Wildman–Crippen LogP) is -0.825. The molecule has 0 radical (unpaired) electrons. The molecule has 0 fully saturated rings. The fraction of sp³-hybridized carbons (Fsp3) is 0.333. The Morgan fingerprint density at radius 3 is 2.50 bits per heavy atom. The van der Waals surface area contributed by atoms with E-state index in [0.717, 1.165) is 6.92 Å². The highest BCUT2D eigenvalue weighted by molar-refractivity contribution is 6.46. The highest BCUT2D eigenvalue weighted by Gasteiger charge is 2.12. The number of nitriles is 1. The van der Waals surface area contributed by atoms with Crippen LogP contribution in [0.4, 0.5) is 0 Å². The summed E-state index contributed by atoms with van der Waals surface area (Å²) in [6.07, 6.45) is 0. The second-order valence-electron chi connectivity index (χ2n) is 1.74. The molecule has 64 valence electrons. The summed E-state index contributed by atoms with van der Waals surface area (Å²) in [5.41, 5.74) is -0.493. The van der Waals surface area contributed by atoms with E-state index in [1.165, 1.54) is 13.2 Å². The molecule has 0 aromatic rings. The topological polar surface area (TPSA) is 91.5 Å². The largest absolute Gasteiger partial charge is 0.398 e. The SMILES string of the molecule is CO/N=C(\C#N)C(=O)NC(C)=O. The molecular weight excluding hydrogens is 162 g/mol. The van der Waals surface area contributed by atoms with Crippen molar-refractivity contribution < 1.29 is 14.4 Å². The molecule has 0 heterocycles. The van der Waals surface area contributed by atoms with Crippen molar-refractivity contribution >= 4 is 17.5 Å². The number of hydrogen-bond donors (Lipinski definition) is 1. The summed E-state index contributed by atoms with van der Waals surface area (Å²) in [5, 5.41) is 13.3. The van der Waals surface area contributed by atoms with Crippen molar-refractivity contribution in [2.45, 2.75) is 6.92 Å². The highest BCUT2D eigenvalue weighted by atomic mass is 16.6. The van der Waals surface area contributed by atoms with Gasteiger partial charge >= 0.3 is 0 Å². The van der Waals surface area contributed by atoms with Crippen LogP contribution in [0, 0.1) is 11.3 Å². The number of carbonyl (C=O) groups excluding carboxylic acids is 2. The minimum absolute atomic E-state index is 0.493. The van der Waals surface area contributed by atoms with E-state index in [1.54, 1.807) is 0 Å². The van der Waals surface area contributed by atoms with Gasteiger partial charge in [-0.05, 0) is 0 Å². The van der Waals surface area contributed by atoms with E-state index in [9.17, 15) is 9.59 Å². The van der Waals surface area contributed by atoms with Crippen molar-refractivity contribution in [2.75, 3.05) is 7.11 Å². The van der Waals surface area contributed by atoms with E-state index < -0.39 is 17.5 Å². The van der Waals surface area contributed by atoms with E-state index in [1.807, 2.05) is 5.32 Å². The first-order valence-corrected chi connectivity index (χ1v) is 2.95. The van der Waals surface area contributed by atoms with Gasteiger partial charge in [0.15, 0.2) is 0 Å². The average molecular weight is 169 g/mol. The zero-order valence-electron chi connectivity index (χ0n) is 6.62. The van der Waals surface area contributed by atoms with E-state index >= 15 is 0 Å². The number of oxime groups is 1. The molecule has 1 N–H and O–H groups in total. The molecule has 0 aromatic carbocycles. The molecule has 12 heavy (non-hydrogen) atoms. The second-order valence-corrected chi connectivity index (χ2v) is 1.74. The maximum atomic E-state index is 10.8. The monoisotopic (exact) mass is 169 g/mol. The van der Waals surface area contributed by atoms with E-state index in [0.29, 0.717) is 0 Å². The van der Waals surface area contributed by atoms with Gasteiger partial charge in [0.05, 0.1) is 0 Å². The predicted molar refractivity (Wildman–Crippen MR) is 38.9 cm³/mol. The third-order valence-corrected chi connectivity index (χ3v) is 0.793. The molecule has 0 aliphatic rings. The van der Waals surface area contributed by atoms with E-state index in [4.69, 9.17) is 5.26 Å². The Labute approximate surface area is 68.8 Å². The van der Waals surface area contributed by atoms with Crippen LogP contribution in [-0.4, -0.2) is 24.6 Å². The molecule has 0 unspecified atom stereocenters. The van der Waals surface area contributed by atoms with Gasteiger partial charge in [-0.1, -0.05) is 5.16 Å². The molecule has 0 bridgehead atoms. The van der Waals surface area contributed by atoms with Crippen LogP contribution < -0.4 is 5.32 Å². The van der Waals surface area contributed by atoms with E-state index in [-0.39, 0.29) is 0 Å². The third kappa shape index (κ3) is 3.31. The molecule has 2 amide bonds. The van der Waals surface area contributed by atoms with Crippen molar-refractivity contribution in [3.05, 3.63) is 0 Å². The fourth-order valence-electron chi connectivity index (χ4n) is 0.423. The smallest absolute Gasteiger partial charge is 0.290 e. The first-order chi connectivity index (χ1) is 5.61. The van der Waals surface area contributed by atoms with Crippen LogP contribution in [0.25, 0.3) is 0 Å². The number of amides is 2. The van der Waals surface area contributed by atoms with Crippen LogP contribution in [0.3, 0.4) is 0 Å². The Balaban J connectivity index is 4.36. The molecule has 6 nitrogen and oxygen atoms in total. The number of nitrogens with zero attached hydrogens (tertiary/aromatic N) is 2. The summed E-state index contributed by atoms with van der Waals surface area (Å²) in [7, 11) is 1.19. The quantitative estimate of drug-likeness (QED) is 0.431. The van der Waals surface area contributed by atoms with Crippen molar-refractivity contribution in [3.8, 4) is 6.07 Å². The summed E-state index contributed by atoms with van der Waals surface area (Å²) in [6.45, 7) is 1.15. The summed E-state index contributed by atoms with van der Waals surface area (Å²) in [5.74, 6) is -1.43. The summed E-state index contributed by atoms with van der Waals surface area (Å²) < 4.78 is 0. The molecule has 0 atom stereocenters. The Hall–Kier alpha value is -1.90. The first-order valence-electron chi connectivity index (χ1n) is 2.95. The van der Waals surface area contributed by atoms with Gasteiger partial charge in [-0.3, -0.25) is 14.9 Å². The van der Waals surface area contributed by atoms with Gasteiger partial charge in [0.2, 0.25) is 11.6 Å². The van der Waals surface area contributed by atoms with Gasteiger partial charge in [0.25, 0.3) is 5.91 Å². The van der Waals surface area contributed by atoms with Gasteiger partial charge in [-0.2, -0.15) is 5.26 Å². The number of nitrogens with one attached hydrogen (secondary N) is 1. The number of imide groups is 1. The maximum Gasteiger partial charge on any atom is 0.290 e. The zero-order valence-corrected chi connectivity index (χ0v) is 6.62. The van der Waals surface area contributed by atoms with Gasteiger partial charge in [0, 0.05) is 6.92 Å². The molecule has 6 heteroatoms. The van der Waals surface area contributed by atoms with Crippen LogP contribution in [0.5, 0.6) is 0 Å². The van der Waals surface area contributed by atoms with Crippen LogP contribution in [-0.2, 0) is 14.4 Å². The summed E-state index contributed by atoms with van der Waals surface area (Å²) >= 11 is 0.